The molecule has 1 atom stereocenters. The van der Waals surface area contributed by atoms with Crippen LogP contribution in [-0.2, 0) is 6.54 Å². The molecule has 6 aromatic carbocycles. The molecule has 0 radical (unpaired) electrons. The third-order valence-electron chi connectivity index (χ3n) is 10.3. The lowest BCUT2D eigenvalue weighted by atomic mass is 9.87. The maximum absolute atomic E-state index is 11.2. The van der Waals surface area contributed by atoms with Crippen LogP contribution >= 0.6 is 0 Å². The molecule has 0 bridgehead atoms. The van der Waals surface area contributed by atoms with Gasteiger partial charge in [0.1, 0.15) is 11.5 Å². The van der Waals surface area contributed by atoms with Gasteiger partial charge >= 0.3 is 0 Å². The molecule has 4 N–H and O–H groups in total. The van der Waals surface area contributed by atoms with Gasteiger partial charge in [0.25, 0.3) is 0 Å². The van der Waals surface area contributed by atoms with E-state index < -0.39 is 0 Å². The number of aliphatic imine (C=N–C) groups is 1. The molecule has 0 saturated heterocycles. The molecular formula is C52H50N4O2. The van der Waals surface area contributed by atoms with Gasteiger partial charge in [-0.3, -0.25) is 0 Å². The highest BCUT2D eigenvalue weighted by Crippen LogP contribution is 2.41. The number of para-hydroxylation sites is 5. The molecule has 58 heavy (non-hydrogen) atoms. The fraction of sp³-hybridized carbons (Fsp3) is 0.135. The van der Waals surface area contributed by atoms with Crippen LogP contribution in [0.5, 0.6) is 11.5 Å². The number of hydrogen-bond acceptors (Lipinski definition) is 4. The molecule has 0 saturated carbocycles. The zero-order chi connectivity index (χ0) is 40.4. The van der Waals surface area contributed by atoms with E-state index in [1.165, 1.54) is 22.9 Å². The lowest BCUT2D eigenvalue weighted by Crippen LogP contribution is -2.12. The number of benzene rings is 6. The summed E-state index contributed by atoms with van der Waals surface area (Å²) in [4.78, 5) is 4.52. The summed E-state index contributed by atoms with van der Waals surface area (Å²) in [6.45, 7) is 11.3. The molecule has 0 spiro atoms. The zero-order valence-electron chi connectivity index (χ0n) is 33.4. The van der Waals surface area contributed by atoms with Gasteiger partial charge in [-0.25, -0.2) is 4.99 Å². The Morgan fingerprint density at radius 3 is 2.09 bits per heavy atom. The van der Waals surface area contributed by atoms with Crippen molar-refractivity contribution < 1.29 is 10.2 Å². The van der Waals surface area contributed by atoms with Gasteiger partial charge in [-0.15, -0.1) is 0 Å². The summed E-state index contributed by atoms with van der Waals surface area (Å²) >= 11 is 0. The Morgan fingerprint density at radius 1 is 0.724 bits per heavy atom. The zero-order valence-corrected chi connectivity index (χ0v) is 33.4. The van der Waals surface area contributed by atoms with Crippen molar-refractivity contribution in [2.24, 2.45) is 10.9 Å². The molecule has 1 aliphatic carbocycles. The van der Waals surface area contributed by atoms with Gasteiger partial charge in [-0.2, -0.15) is 0 Å². The van der Waals surface area contributed by atoms with Gasteiger partial charge in [0.15, 0.2) is 0 Å². The average molecular weight is 763 g/mol. The van der Waals surface area contributed by atoms with Crippen LogP contribution in [0.4, 0.5) is 22.7 Å². The van der Waals surface area contributed by atoms with Crippen LogP contribution in [-0.4, -0.2) is 21.1 Å². The summed E-state index contributed by atoms with van der Waals surface area (Å²) in [6, 6.07) is 45.6. The van der Waals surface area contributed by atoms with E-state index in [4.69, 9.17) is 0 Å². The summed E-state index contributed by atoms with van der Waals surface area (Å²) in [5, 5.41) is 30.6. The van der Waals surface area contributed by atoms with Crippen molar-refractivity contribution in [2.45, 2.75) is 40.2 Å². The predicted octanol–water partition coefficient (Wildman–Crippen LogP) is 13.9. The van der Waals surface area contributed by atoms with E-state index in [-0.39, 0.29) is 17.4 Å². The van der Waals surface area contributed by atoms with Crippen LogP contribution < -0.4 is 10.6 Å². The summed E-state index contributed by atoms with van der Waals surface area (Å²) in [5.41, 5.74) is 12.3. The van der Waals surface area contributed by atoms with Crippen LogP contribution in [0, 0.1) is 12.8 Å². The first kappa shape index (κ1) is 39.2. The Morgan fingerprint density at radius 2 is 1.34 bits per heavy atom. The van der Waals surface area contributed by atoms with Crippen LogP contribution in [0.25, 0.3) is 44.8 Å². The minimum Gasteiger partial charge on any atom is -0.507 e. The average Bonchev–Trinajstić information content (AvgIpc) is 3.52. The van der Waals surface area contributed by atoms with Crippen LogP contribution in [0.3, 0.4) is 0 Å². The first-order valence-electron chi connectivity index (χ1n) is 19.9. The summed E-state index contributed by atoms with van der Waals surface area (Å²) < 4.78 is 2.37. The van der Waals surface area contributed by atoms with Crippen molar-refractivity contribution in [3.05, 3.63) is 181 Å². The fourth-order valence-electron chi connectivity index (χ4n) is 7.55. The Hall–Kier alpha value is -7.05. The number of allylic oxidation sites excluding steroid dienone is 4. The van der Waals surface area contributed by atoms with E-state index in [1.54, 1.807) is 18.5 Å². The highest BCUT2D eigenvalue weighted by Gasteiger charge is 2.20. The minimum atomic E-state index is 0.174. The number of rotatable bonds is 11. The van der Waals surface area contributed by atoms with Crippen molar-refractivity contribution in [3.63, 3.8) is 0 Å². The highest BCUT2D eigenvalue weighted by atomic mass is 16.3. The standard InChI is InChI=1S/C49H42N4O2.C3H8/c1-3-46-33(2)39-18-8-12-23-47(39)53(46)31-34-14-13-15-37(28-34)41-29-35(24-26-48(41)54)36-25-27-49(55)42(30-36)40-19-7-9-20-43(40)52-45-22-11-10-21-44(45)51-32-50-38-16-5-4-6-17-38;1-3-2/h3-27,29-30,32,34,52,54-55H,1,28,31H2,2H3,(H,50,51);3H2,1-2H3. The molecular weight excluding hydrogens is 713 g/mol. The molecule has 8 rings (SSSR count). The number of fused-ring (bicyclic) bond motifs is 1. The highest BCUT2D eigenvalue weighted by molar-refractivity contribution is 5.92. The first-order valence-corrected chi connectivity index (χ1v) is 19.9. The SMILES string of the molecule is C=Cc1c(C)c2ccccc2n1CC1C=CC=C(c2cc(-c3ccc(O)c(-c4ccccc4Nc4ccccc4NC=Nc4ccccc4)c3)ccc2O)C1.CCC. The van der Waals surface area contributed by atoms with Gasteiger partial charge in [0.05, 0.1) is 23.4 Å². The van der Waals surface area contributed by atoms with E-state index in [0.29, 0.717) is 5.56 Å². The van der Waals surface area contributed by atoms with E-state index in [9.17, 15) is 10.2 Å². The van der Waals surface area contributed by atoms with Gasteiger partial charge in [0.2, 0.25) is 0 Å². The molecule has 7 aromatic rings. The molecule has 1 aliphatic rings. The number of hydrogen-bond donors (Lipinski definition) is 4. The Balaban J connectivity index is 0.00000166. The monoisotopic (exact) mass is 762 g/mol. The predicted molar refractivity (Wildman–Crippen MR) is 247 cm³/mol. The molecule has 0 fully saturated rings. The quantitative estimate of drug-likeness (QED) is 0.0781. The summed E-state index contributed by atoms with van der Waals surface area (Å²) in [5.74, 6) is 0.651. The third-order valence-corrected chi connectivity index (χ3v) is 10.3. The van der Waals surface area contributed by atoms with E-state index in [1.807, 2.05) is 103 Å². The van der Waals surface area contributed by atoms with Crippen molar-refractivity contribution in [3.8, 4) is 33.8 Å². The van der Waals surface area contributed by atoms with Gasteiger partial charge in [0, 0.05) is 45.5 Å². The van der Waals surface area contributed by atoms with Crippen LogP contribution in [0.2, 0.25) is 0 Å². The third kappa shape index (κ3) is 8.67. The van der Waals surface area contributed by atoms with Crippen LogP contribution in [0.1, 0.15) is 43.5 Å². The number of nitrogens with one attached hydrogen (secondary N) is 2. The number of phenolic OH excluding ortho intramolecular Hbond substituents is 2. The number of anilines is 3. The largest absolute Gasteiger partial charge is 0.507 e. The Bertz CT molecular complexity index is 2630. The number of phenols is 2. The number of aromatic hydroxyl groups is 2. The summed E-state index contributed by atoms with van der Waals surface area (Å²) in [7, 11) is 0. The first-order chi connectivity index (χ1) is 28.4. The molecule has 0 amide bonds. The van der Waals surface area contributed by atoms with Gasteiger partial charge < -0.3 is 25.4 Å². The van der Waals surface area contributed by atoms with Gasteiger partial charge in [-0.05, 0) is 108 Å². The second kappa shape index (κ2) is 18.3. The number of nitrogens with zero attached hydrogens (tertiary/aromatic N) is 2. The maximum Gasteiger partial charge on any atom is 0.123 e. The van der Waals surface area contributed by atoms with Crippen molar-refractivity contribution >= 4 is 51.6 Å². The molecule has 6 nitrogen and oxygen atoms in total. The smallest absolute Gasteiger partial charge is 0.123 e. The van der Waals surface area contributed by atoms with E-state index in [0.717, 1.165) is 69.2 Å². The van der Waals surface area contributed by atoms with Crippen LogP contribution in [0.15, 0.2) is 169 Å². The molecule has 0 aliphatic heterocycles. The molecule has 1 unspecified atom stereocenters. The Kier molecular flexibility index (Phi) is 12.3. The van der Waals surface area contributed by atoms with E-state index >= 15 is 0 Å². The minimum absolute atomic E-state index is 0.174. The fourth-order valence-corrected chi connectivity index (χ4v) is 7.55. The molecule has 1 heterocycles. The molecule has 1 aromatic heterocycles. The lowest BCUT2D eigenvalue weighted by Gasteiger charge is -2.22. The van der Waals surface area contributed by atoms with Crippen molar-refractivity contribution in [1.82, 2.24) is 4.57 Å². The van der Waals surface area contributed by atoms with E-state index in [2.05, 4.69) is 96.1 Å². The second-order valence-corrected chi connectivity index (χ2v) is 14.5. The topological polar surface area (TPSA) is 81.8 Å². The number of aryl methyl sites for hydroxylation is 1. The second-order valence-electron chi connectivity index (χ2n) is 14.5. The lowest BCUT2D eigenvalue weighted by molar-refractivity contribution is 0.472. The Labute approximate surface area is 341 Å². The molecule has 6 heteroatoms. The van der Waals surface area contributed by atoms with Crippen molar-refractivity contribution in [1.29, 1.82) is 0 Å². The normalized spacial score (nSPS) is 13.5. The maximum atomic E-state index is 11.2. The molecule has 290 valence electrons. The van der Waals surface area contributed by atoms with Crippen molar-refractivity contribution in [2.75, 3.05) is 10.6 Å². The number of aromatic nitrogens is 1. The van der Waals surface area contributed by atoms with Gasteiger partial charge in [-0.1, -0.05) is 124 Å². The summed E-state index contributed by atoms with van der Waals surface area (Å²) in [6.07, 6.45) is 12.1.